The van der Waals surface area contributed by atoms with Crippen molar-refractivity contribution in [1.82, 2.24) is 4.90 Å². The number of esters is 1. The number of hydrogen-bond donors (Lipinski definition) is 0. The second-order valence-electron chi connectivity index (χ2n) is 6.70. The van der Waals surface area contributed by atoms with Crippen molar-refractivity contribution in [1.29, 1.82) is 0 Å². The Morgan fingerprint density at radius 3 is 2.50 bits per heavy atom. The molecule has 156 valence electrons. The van der Waals surface area contributed by atoms with Crippen LogP contribution in [0.25, 0.3) is 6.08 Å². The third kappa shape index (κ3) is 4.76. The number of methoxy groups -OCH3 is 1. The molecule has 0 saturated carbocycles. The van der Waals surface area contributed by atoms with E-state index in [2.05, 4.69) is 20.9 Å². The molecule has 6 nitrogen and oxygen atoms in total. The van der Waals surface area contributed by atoms with Crippen molar-refractivity contribution in [3.05, 3.63) is 63.0 Å². The van der Waals surface area contributed by atoms with Gasteiger partial charge in [-0.05, 0) is 82.7 Å². The van der Waals surface area contributed by atoms with Crippen molar-refractivity contribution >= 4 is 62.2 Å². The van der Waals surface area contributed by atoms with Crippen LogP contribution >= 0.6 is 27.7 Å². The summed E-state index contributed by atoms with van der Waals surface area (Å²) >= 11 is 4.93. The summed E-state index contributed by atoms with van der Waals surface area (Å²) in [6.07, 6.45) is 1.88. The first-order chi connectivity index (χ1) is 14.3. The number of thioether (sulfide) groups is 1. The van der Waals surface area contributed by atoms with Gasteiger partial charge >= 0.3 is 5.97 Å². The molecule has 1 saturated heterocycles. The minimum Gasteiger partial charge on any atom is -0.465 e. The second kappa shape index (κ2) is 9.49. The molecule has 1 heterocycles. The summed E-state index contributed by atoms with van der Waals surface area (Å²) in [6.45, 7) is 2.44. The third-order valence-corrected chi connectivity index (χ3v) is 6.11. The SMILES string of the molecule is CCN1C(=O)C(=Cc2ccc(N(C)C)c(Br)c2)SC1=Nc1ccc(C(=O)OC)cc1. The number of amidine groups is 1. The predicted molar refractivity (Wildman–Crippen MR) is 126 cm³/mol. The number of carbonyl (C=O) groups is 2. The van der Waals surface area contributed by atoms with Crippen molar-refractivity contribution in [3.63, 3.8) is 0 Å². The molecular formula is C22H22BrN3O3S. The number of aliphatic imine (C=N–C) groups is 1. The van der Waals surface area contributed by atoms with Gasteiger partial charge in [0.25, 0.3) is 5.91 Å². The van der Waals surface area contributed by atoms with Gasteiger partial charge in [-0.2, -0.15) is 0 Å². The molecule has 0 radical (unpaired) electrons. The maximum absolute atomic E-state index is 12.9. The maximum atomic E-state index is 12.9. The summed E-state index contributed by atoms with van der Waals surface area (Å²) in [5, 5.41) is 0.614. The molecule has 1 aliphatic rings. The normalized spacial score (nSPS) is 16.4. The highest BCUT2D eigenvalue weighted by atomic mass is 79.9. The molecule has 0 N–H and O–H groups in total. The monoisotopic (exact) mass is 487 g/mol. The van der Waals surface area contributed by atoms with Crippen LogP contribution in [0.5, 0.6) is 0 Å². The van der Waals surface area contributed by atoms with Gasteiger partial charge in [0.15, 0.2) is 5.17 Å². The fraction of sp³-hybridized carbons (Fsp3) is 0.227. The number of hydrogen-bond acceptors (Lipinski definition) is 6. The molecule has 3 rings (SSSR count). The zero-order valence-corrected chi connectivity index (χ0v) is 19.6. The van der Waals surface area contributed by atoms with Crippen LogP contribution in [-0.2, 0) is 9.53 Å². The Bertz CT molecular complexity index is 1030. The van der Waals surface area contributed by atoms with E-state index in [1.54, 1.807) is 29.2 Å². The van der Waals surface area contributed by atoms with Crippen LogP contribution in [0.3, 0.4) is 0 Å². The van der Waals surface area contributed by atoms with Crippen LogP contribution in [0.2, 0.25) is 0 Å². The lowest BCUT2D eigenvalue weighted by atomic mass is 10.2. The second-order valence-corrected chi connectivity index (χ2v) is 8.56. The summed E-state index contributed by atoms with van der Waals surface area (Å²) in [5.74, 6) is -0.466. The Kier molecular flexibility index (Phi) is 6.99. The van der Waals surface area contributed by atoms with Crippen molar-refractivity contribution in [2.24, 2.45) is 4.99 Å². The highest BCUT2D eigenvalue weighted by Crippen LogP contribution is 2.35. The van der Waals surface area contributed by atoms with Crippen LogP contribution in [0.15, 0.2) is 56.8 Å². The molecule has 8 heteroatoms. The minimum atomic E-state index is -0.397. The number of amides is 1. The molecule has 2 aromatic rings. The van der Waals surface area contributed by atoms with Crippen LogP contribution in [-0.4, -0.2) is 49.7 Å². The van der Waals surface area contributed by atoms with Crippen LogP contribution in [0, 0.1) is 0 Å². The topological polar surface area (TPSA) is 62.2 Å². The molecule has 0 aliphatic carbocycles. The molecule has 2 aromatic carbocycles. The zero-order chi connectivity index (χ0) is 21.8. The standard InChI is InChI=1S/C22H22BrN3O3S/c1-5-26-20(27)19(13-14-6-11-18(25(2)3)17(23)12-14)30-22(26)24-16-9-7-15(8-10-16)21(28)29-4/h6-13H,5H2,1-4H3. The smallest absolute Gasteiger partial charge is 0.337 e. The fourth-order valence-electron chi connectivity index (χ4n) is 2.90. The first-order valence-electron chi connectivity index (χ1n) is 9.29. The average molecular weight is 488 g/mol. The highest BCUT2D eigenvalue weighted by Gasteiger charge is 2.32. The third-order valence-electron chi connectivity index (χ3n) is 4.47. The number of ether oxygens (including phenoxy) is 1. The van der Waals surface area contributed by atoms with Gasteiger partial charge < -0.3 is 9.64 Å². The number of rotatable bonds is 5. The first kappa shape index (κ1) is 22.1. The van der Waals surface area contributed by atoms with Crippen LogP contribution in [0.1, 0.15) is 22.8 Å². The van der Waals surface area contributed by atoms with Gasteiger partial charge in [-0.1, -0.05) is 6.07 Å². The molecule has 30 heavy (non-hydrogen) atoms. The number of benzene rings is 2. The van der Waals surface area contributed by atoms with Gasteiger partial charge in [-0.3, -0.25) is 9.69 Å². The quantitative estimate of drug-likeness (QED) is 0.442. The molecule has 0 aromatic heterocycles. The zero-order valence-electron chi connectivity index (χ0n) is 17.2. The van der Waals surface area contributed by atoms with E-state index in [-0.39, 0.29) is 5.91 Å². The van der Waals surface area contributed by atoms with E-state index in [0.717, 1.165) is 15.7 Å². The van der Waals surface area contributed by atoms with Crippen molar-refractivity contribution in [2.75, 3.05) is 32.6 Å². The van der Waals surface area contributed by atoms with E-state index < -0.39 is 5.97 Å². The lowest BCUT2D eigenvalue weighted by molar-refractivity contribution is -0.122. The lowest BCUT2D eigenvalue weighted by Gasteiger charge is -2.14. The van der Waals surface area contributed by atoms with Crippen molar-refractivity contribution in [3.8, 4) is 0 Å². The lowest BCUT2D eigenvalue weighted by Crippen LogP contribution is -2.28. The van der Waals surface area contributed by atoms with E-state index >= 15 is 0 Å². The van der Waals surface area contributed by atoms with E-state index in [1.807, 2.05) is 50.2 Å². The fourth-order valence-corrected chi connectivity index (χ4v) is 4.71. The Hall–Kier alpha value is -2.58. The molecule has 0 spiro atoms. The number of anilines is 1. The Morgan fingerprint density at radius 2 is 1.93 bits per heavy atom. The van der Waals surface area contributed by atoms with Gasteiger partial charge in [0.05, 0.1) is 29.0 Å². The van der Waals surface area contributed by atoms with E-state index in [0.29, 0.717) is 27.9 Å². The summed E-state index contributed by atoms with van der Waals surface area (Å²) in [5.41, 5.74) is 3.12. The highest BCUT2D eigenvalue weighted by molar-refractivity contribution is 9.10. The van der Waals surface area contributed by atoms with Crippen molar-refractivity contribution < 1.29 is 14.3 Å². The number of nitrogens with zero attached hydrogens (tertiary/aromatic N) is 3. The Labute approximate surface area is 188 Å². The van der Waals surface area contributed by atoms with Gasteiger partial charge in [-0.15, -0.1) is 0 Å². The minimum absolute atomic E-state index is 0.0692. The molecule has 1 aliphatic heterocycles. The van der Waals surface area contributed by atoms with Crippen molar-refractivity contribution in [2.45, 2.75) is 6.92 Å². The first-order valence-corrected chi connectivity index (χ1v) is 10.9. The molecule has 0 atom stereocenters. The van der Waals surface area contributed by atoms with Gasteiger partial charge in [0, 0.05) is 25.1 Å². The molecule has 1 amide bonds. The number of likely N-dealkylation sites (N-methyl/N-ethyl adjacent to an activating group) is 1. The van der Waals surface area contributed by atoms with Crippen LogP contribution < -0.4 is 4.90 Å². The largest absolute Gasteiger partial charge is 0.465 e. The summed E-state index contributed by atoms with van der Waals surface area (Å²) in [7, 11) is 5.30. The Morgan fingerprint density at radius 1 is 1.23 bits per heavy atom. The maximum Gasteiger partial charge on any atom is 0.337 e. The summed E-state index contributed by atoms with van der Waals surface area (Å²) in [4.78, 5) is 33.3. The molecule has 0 unspecified atom stereocenters. The molecular weight excluding hydrogens is 466 g/mol. The number of carbonyl (C=O) groups excluding carboxylic acids is 2. The van der Waals surface area contributed by atoms with E-state index in [4.69, 9.17) is 4.74 Å². The summed E-state index contributed by atoms with van der Waals surface area (Å²) < 4.78 is 5.67. The Balaban J connectivity index is 1.87. The molecule has 1 fully saturated rings. The molecule has 0 bridgehead atoms. The van der Waals surface area contributed by atoms with Gasteiger partial charge in [0.1, 0.15) is 0 Å². The average Bonchev–Trinajstić information content (AvgIpc) is 3.01. The summed E-state index contributed by atoms with van der Waals surface area (Å²) in [6, 6.07) is 12.8. The van der Waals surface area contributed by atoms with Crippen LogP contribution in [0.4, 0.5) is 11.4 Å². The van der Waals surface area contributed by atoms with Gasteiger partial charge in [-0.25, -0.2) is 9.79 Å². The van der Waals surface area contributed by atoms with Gasteiger partial charge in [0.2, 0.25) is 0 Å². The van der Waals surface area contributed by atoms with E-state index in [9.17, 15) is 9.59 Å². The van der Waals surface area contributed by atoms with E-state index in [1.165, 1.54) is 18.9 Å². The number of halogens is 1. The predicted octanol–water partition coefficient (Wildman–Crippen LogP) is 4.93.